The minimum Gasteiger partial charge on any atom is -0.480 e. The third-order valence-corrected chi connectivity index (χ3v) is 4.73. The van der Waals surface area contributed by atoms with E-state index in [1.165, 1.54) is 19.5 Å². The molecular weight excluding hydrogens is 266 g/mol. The summed E-state index contributed by atoms with van der Waals surface area (Å²) < 4.78 is 0. The fourth-order valence-corrected chi connectivity index (χ4v) is 3.42. The number of nitrogens with one attached hydrogen (secondary N) is 1. The van der Waals surface area contributed by atoms with E-state index < -0.39 is 11.5 Å². The van der Waals surface area contributed by atoms with Crippen LogP contribution in [0.25, 0.3) is 0 Å². The van der Waals surface area contributed by atoms with Crippen molar-refractivity contribution in [1.29, 1.82) is 0 Å². The van der Waals surface area contributed by atoms with E-state index in [0.717, 1.165) is 25.4 Å². The van der Waals surface area contributed by atoms with E-state index in [1.807, 2.05) is 13.8 Å². The van der Waals surface area contributed by atoms with Gasteiger partial charge < -0.3 is 20.2 Å². The molecule has 0 aromatic rings. The van der Waals surface area contributed by atoms with Crippen molar-refractivity contribution >= 4 is 5.97 Å². The van der Waals surface area contributed by atoms with Gasteiger partial charge in [-0.3, -0.25) is 4.79 Å². The van der Waals surface area contributed by atoms with Crippen LogP contribution in [-0.4, -0.2) is 73.2 Å². The van der Waals surface area contributed by atoms with Crippen molar-refractivity contribution in [3.8, 4) is 0 Å². The van der Waals surface area contributed by atoms with Crippen LogP contribution in [0.2, 0.25) is 0 Å². The fourth-order valence-electron chi connectivity index (χ4n) is 3.42. The lowest BCUT2D eigenvalue weighted by Crippen LogP contribution is -2.51. The third kappa shape index (κ3) is 5.57. The molecule has 0 aromatic heterocycles. The quantitative estimate of drug-likeness (QED) is 0.640. The van der Waals surface area contributed by atoms with E-state index in [9.17, 15) is 9.90 Å². The molecule has 21 heavy (non-hydrogen) atoms. The van der Waals surface area contributed by atoms with Crippen LogP contribution in [-0.2, 0) is 4.79 Å². The molecule has 0 aromatic carbocycles. The van der Waals surface area contributed by atoms with Gasteiger partial charge in [-0.05, 0) is 65.3 Å². The van der Waals surface area contributed by atoms with Crippen LogP contribution in [0.4, 0.5) is 0 Å². The fraction of sp³-hybridized carbons (Fsp3) is 0.938. The van der Waals surface area contributed by atoms with Gasteiger partial charge in [-0.1, -0.05) is 13.8 Å². The Hall–Kier alpha value is -0.650. The monoisotopic (exact) mass is 299 g/mol. The third-order valence-electron chi connectivity index (χ3n) is 4.73. The van der Waals surface area contributed by atoms with Gasteiger partial charge in [-0.25, -0.2) is 0 Å². The molecule has 1 rings (SSSR count). The van der Waals surface area contributed by atoms with E-state index in [2.05, 4.69) is 29.2 Å². The highest BCUT2D eigenvalue weighted by Crippen LogP contribution is 2.19. The van der Waals surface area contributed by atoms with Gasteiger partial charge in [0.25, 0.3) is 0 Å². The van der Waals surface area contributed by atoms with Gasteiger partial charge in [0, 0.05) is 13.1 Å². The molecule has 2 unspecified atom stereocenters. The number of carboxylic acids is 1. The Morgan fingerprint density at radius 1 is 1.48 bits per heavy atom. The molecule has 1 fully saturated rings. The van der Waals surface area contributed by atoms with Crippen molar-refractivity contribution < 1.29 is 9.90 Å². The number of hydrogen-bond donors (Lipinski definition) is 2. The zero-order chi connectivity index (χ0) is 15.9. The van der Waals surface area contributed by atoms with Crippen molar-refractivity contribution in [2.24, 2.45) is 5.92 Å². The molecule has 1 aliphatic rings. The summed E-state index contributed by atoms with van der Waals surface area (Å²) in [6.45, 7) is 9.11. The lowest BCUT2D eigenvalue weighted by atomic mass is 9.90. The highest BCUT2D eigenvalue weighted by atomic mass is 16.4. The summed E-state index contributed by atoms with van der Waals surface area (Å²) in [4.78, 5) is 16.3. The first-order valence-electron chi connectivity index (χ1n) is 8.29. The highest BCUT2D eigenvalue weighted by Gasteiger charge is 2.35. The van der Waals surface area contributed by atoms with Crippen LogP contribution in [0.1, 0.15) is 39.5 Å². The van der Waals surface area contributed by atoms with E-state index in [1.54, 1.807) is 0 Å². The first kappa shape index (κ1) is 18.4. The maximum absolute atomic E-state index is 11.6. The number of aliphatic carboxylic acids is 1. The molecule has 124 valence electrons. The zero-order valence-electron chi connectivity index (χ0n) is 14.2. The molecule has 0 bridgehead atoms. The number of nitrogens with zero attached hydrogens (tertiary/aromatic N) is 2. The minimum atomic E-state index is -0.747. The molecular formula is C16H33N3O2. The van der Waals surface area contributed by atoms with E-state index in [4.69, 9.17) is 0 Å². The van der Waals surface area contributed by atoms with Crippen LogP contribution in [0.3, 0.4) is 0 Å². The molecule has 1 saturated heterocycles. The molecule has 2 N–H and O–H groups in total. The normalized spacial score (nSPS) is 22.6. The largest absolute Gasteiger partial charge is 0.480 e. The van der Waals surface area contributed by atoms with Crippen molar-refractivity contribution in [3.63, 3.8) is 0 Å². The summed E-state index contributed by atoms with van der Waals surface area (Å²) in [6.07, 6.45) is 3.54. The molecule has 5 nitrogen and oxygen atoms in total. The van der Waals surface area contributed by atoms with Crippen LogP contribution in [0.5, 0.6) is 0 Å². The molecule has 1 aliphatic heterocycles. The Morgan fingerprint density at radius 2 is 2.19 bits per heavy atom. The second-order valence-corrected chi connectivity index (χ2v) is 6.55. The summed E-state index contributed by atoms with van der Waals surface area (Å²) in [5.41, 5.74) is -0.747. The van der Waals surface area contributed by atoms with Crippen LogP contribution < -0.4 is 5.32 Å². The van der Waals surface area contributed by atoms with Gasteiger partial charge in [-0.15, -0.1) is 0 Å². The lowest BCUT2D eigenvalue weighted by Gasteiger charge is -2.30. The van der Waals surface area contributed by atoms with Gasteiger partial charge in [0.2, 0.25) is 0 Å². The number of carbonyl (C=O) groups is 1. The Morgan fingerprint density at radius 3 is 2.67 bits per heavy atom. The topological polar surface area (TPSA) is 55.8 Å². The van der Waals surface area contributed by atoms with Gasteiger partial charge in [0.15, 0.2) is 0 Å². The molecule has 5 heteroatoms. The molecule has 0 spiro atoms. The van der Waals surface area contributed by atoms with Crippen molar-refractivity contribution in [1.82, 2.24) is 15.1 Å². The lowest BCUT2D eigenvalue weighted by molar-refractivity contribution is -0.145. The van der Waals surface area contributed by atoms with Crippen LogP contribution >= 0.6 is 0 Å². The molecule has 0 amide bonds. The summed E-state index contributed by atoms with van der Waals surface area (Å²) >= 11 is 0. The molecule has 0 aliphatic carbocycles. The Bertz CT molecular complexity index is 325. The highest BCUT2D eigenvalue weighted by molar-refractivity contribution is 5.78. The zero-order valence-corrected chi connectivity index (χ0v) is 14.2. The predicted octanol–water partition coefficient (Wildman–Crippen LogP) is 1.49. The SMILES string of the molecule is CCNC(CC)(CCCN(C)CC1CCN(C)C1)C(=O)O. The van der Waals surface area contributed by atoms with E-state index in [-0.39, 0.29) is 0 Å². The Kier molecular flexibility index (Phi) is 7.63. The van der Waals surface area contributed by atoms with Gasteiger partial charge in [0.05, 0.1) is 0 Å². The second kappa shape index (κ2) is 8.71. The van der Waals surface area contributed by atoms with Crippen LogP contribution in [0, 0.1) is 5.92 Å². The standard InChI is InChI=1S/C16H33N3O2/c1-5-16(15(20)21,17-6-2)9-7-10-18(3)12-14-8-11-19(4)13-14/h14,17H,5-13H2,1-4H3,(H,20,21). The van der Waals surface area contributed by atoms with Crippen molar-refractivity contribution in [2.75, 3.05) is 46.8 Å². The number of likely N-dealkylation sites (tertiary alicyclic amines) is 1. The number of hydrogen-bond acceptors (Lipinski definition) is 4. The van der Waals surface area contributed by atoms with E-state index in [0.29, 0.717) is 19.4 Å². The summed E-state index contributed by atoms with van der Waals surface area (Å²) in [5, 5.41) is 12.7. The summed E-state index contributed by atoms with van der Waals surface area (Å²) in [5.74, 6) is 0.0519. The number of likely N-dealkylation sites (N-methyl/N-ethyl adjacent to an activating group) is 1. The van der Waals surface area contributed by atoms with Crippen LogP contribution in [0.15, 0.2) is 0 Å². The Balaban J connectivity index is 2.34. The van der Waals surface area contributed by atoms with E-state index >= 15 is 0 Å². The Labute approximate surface area is 129 Å². The van der Waals surface area contributed by atoms with Gasteiger partial charge >= 0.3 is 5.97 Å². The summed E-state index contributed by atoms with van der Waals surface area (Å²) in [7, 11) is 4.33. The molecule has 0 radical (unpaired) electrons. The average Bonchev–Trinajstić information content (AvgIpc) is 2.82. The van der Waals surface area contributed by atoms with Gasteiger partial charge in [-0.2, -0.15) is 0 Å². The molecule has 1 heterocycles. The first-order chi connectivity index (χ1) is 9.93. The van der Waals surface area contributed by atoms with Gasteiger partial charge in [0.1, 0.15) is 5.54 Å². The average molecular weight is 299 g/mol. The number of carboxylic acid groups (broad SMARTS) is 1. The maximum atomic E-state index is 11.6. The number of rotatable bonds is 10. The molecule has 0 saturated carbocycles. The second-order valence-electron chi connectivity index (χ2n) is 6.55. The van der Waals surface area contributed by atoms with Crippen molar-refractivity contribution in [2.45, 2.75) is 45.1 Å². The van der Waals surface area contributed by atoms with Crippen molar-refractivity contribution in [3.05, 3.63) is 0 Å². The maximum Gasteiger partial charge on any atom is 0.323 e. The smallest absolute Gasteiger partial charge is 0.323 e. The summed E-state index contributed by atoms with van der Waals surface area (Å²) in [6, 6.07) is 0. The predicted molar refractivity (Wildman–Crippen MR) is 86.7 cm³/mol. The first-order valence-corrected chi connectivity index (χ1v) is 8.29. The minimum absolute atomic E-state index is 0.632. The molecule has 2 atom stereocenters.